The smallest absolute Gasteiger partial charge is 0.258 e. The zero-order chi connectivity index (χ0) is 13.8. The molecule has 0 unspecified atom stereocenters. The molecule has 0 aromatic heterocycles. The summed E-state index contributed by atoms with van der Waals surface area (Å²) >= 11 is 7.22. The van der Waals surface area contributed by atoms with Crippen molar-refractivity contribution in [3.63, 3.8) is 0 Å². The molecular formula is C14H11ClFNOS. The van der Waals surface area contributed by atoms with Gasteiger partial charge in [-0.15, -0.1) is 11.8 Å². The average Bonchev–Trinajstić information content (AvgIpc) is 2.38. The molecule has 5 heteroatoms. The molecule has 0 radical (unpaired) electrons. The second kappa shape index (κ2) is 6.08. The Morgan fingerprint density at radius 2 is 2.05 bits per heavy atom. The molecule has 1 N–H and O–H groups in total. The number of halogens is 2. The monoisotopic (exact) mass is 295 g/mol. The third-order valence-electron chi connectivity index (χ3n) is 2.50. The van der Waals surface area contributed by atoms with Gasteiger partial charge < -0.3 is 5.32 Å². The molecule has 2 aromatic rings. The van der Waals surface area contributed by atoms with Crippen LogP contribution in [0.15, 0.2) is 47.4 Å². The average molecular weight is 296 g/mol. The van der Waals surface area contributed by atoms with Crippen LogP contribution in [0, 0.1) is 5.82 Å². The highest BCUT2D eigenvalue weighted by molar-refractivity contribution is 7.98. The first-order chi connectivity index (χ1) is 9.10. The molecule has 19 heavy (non-hydrogen) atoms. The lowest BCUT2D eigenvalue weighted by Gasteiger charge is -2.07. The van der Waals surface area contributed by atoms with Gasteiger partial charge in [0, 0.05) is 15.6 Å². The first kappa shape index (κ1) is 13.9. The van der Waals surface area contributed by atoms with Crippen LogP contribution in [-0.4, -0.2) is 12.2 Å². The van der Waals surface area contributed by atoms with Gasteiger partial charge >= 0.3 is 0 Å². The van der Waals surface area contributed by atoms with Crippen LogP contribution in [0.2, 0.25) is 5.02 Å². The maximum Gasteiger partial charge on any atom is 0.258 e. The van der Waals surface area contributed by atoms with Gasteiger partial charge in [-0.25, -0.2) is 4.39 Å². The predicted molar refractivity (Wildman–Crippen MR) is 77.6 cm³/mol. The van der Waals surface area contributed by atoms with Gasteiger partial charge in [-0.1, -0.05) is 17.7 Å². The molecule has 2 aromatic carbocycles. The number of carbonyl (C=O) groups is 1. The lowest BCUT2D eigenvalue weighted by Crippen LogP contribution is -2.13. The van der Waals surface area contributed by atoms with E-state index in [1.165, 1.54) is 12.1 Å². The van der Waals surface area contributed by atoms with Crippen molar-refractivity contribution in [3.05, 3.63) is 58.9 Å². The van der Waals surface area contributed by atoms with E-state index < -0.39 is 11.7 Å². The molecule has 0 aliphatic carbocycles. The van der Waals surface area contributed by atoms with Crippen LogP contribution in [0.1, 0.15) is 10.4 Å². The minimum Gasteiger partial charge on any atom is -0.322 e. The van der Waals surface area contributed by atoms with Crippen molar-refractivity contribution in [2.45, 2.75) is 4.90 Å². The number of hydrogen-bond donors (Lipinski definition) is 1. The number of rotatable bonds is 3. The van der Waals surface area contributed by atoms with Crippen molar-refractivity contribution in [2.24, 2.45) is 0 Å². The Kier molecular flexibility index (Phi) is 4.45. The summed E-state index contributed by atoms with van der Waals surface area (Å²) in [7, 11) is 0. The van der Waals surface area contributed by atoms with Crippen molar-refractivity contribution in [1.29, 1.82) is 0 Å². The first-order valence-electron chi connectivity index (χ1n) is 5.50. The summed E-state index contributed by atoms with van der Waals surface area (Å²) in [5, 5.41) is 2.92. The third-order valence-corrected chi connectivity index (χ3v) is 3.46. The zero-order valence-corrected chi connectivity index (χ0v) is 11.7. The van der Waals surface area contributed by atoms with Crippen LogP contribution >= 0.6 is 23.4 Å². The molecule has 0 saturated carbocycles. The van der Waals surface area contributed by atoms with Crippen molar-refractivity contribution in [2.75, 3.05) is 11.6 Å². The number of anilines is 1. The highest BCUT2D eigenvalue weighted by Gasteiger charge is 2.12. The van der Waals surface area contributed by atoms with Crippen molar-refractivity contribution >= 4 is 35.0 Å². The highest BCUT2D eigenvalue weighted by atomic mass is 35.5. The molecule has 0 atom stereocenters. The van der Waals surface area contributed by atoms with Crippen LogP contribution in [0.3, 0.4) is 0 Å². The molecule has 0 heterocycles. The summed E-state index contributed by atoms with van der Waals surface area (Å²) in [6.07, 6.45) is 1.94. The molecule has 2 rings (SSSR count). The van der Waals surface area contributed by atoms with Gasteiger partial charge in [0.25, 0.3) is 5.91 Å². The summed E-state index contributed by atoms with van der Waals surface area (Å²) in [5.74, 6) is -1.13. The van der Waals surface area contributed by atoms with Gasteiger partial charge in [-0.05, 0) is 42.7 Å². The summed E-state index contributed by atoms with van der Waals surface area (Å²) in [6.45, 7) is 0. The van der Waals surface area contributed by atoms with E-state index in [4.69, 9.17) is 11.6 Å². The minimum atomic E-state index is -0.633. The maximum atomic E-state index is 13.6. The lowest BCUT2D eigenvalue weighted by atomic mass is 10.2. The molecule has 0 aliphatic rings. The van der Waals surface area contributed by atoms with E-state index in [-0.39, 0.29) is 10.6 Å². The van der Waals surface area contributed by atoms with Crippen LogP contribution in [0.5, 0.6) is 0 Å². The molecule has 0 bridgehead atoms. The quantitative estimate of drug-likeness (QED) is 0.847. The number of carbonyl (C=O) groups excluding carboxylic acids is 1. The normalized spacial score (nSPS) is 10.3. The second-order valence-electron chi connectivity index (χ2n) is 3.81. The molecule has 0 aliphatic heterocycles. The lowest BCUT2D eigenvalue weighted by molar-refractivity contribution is 0.102. The van der Waals surface area contributed by atoms with E-state index >= 15 is 0 Å². The Bertz CT molecular complexity index is 618. The summed E-state index contributed by atoms with van der Waals surface area (Å²) < 4.78 is 13.6. The second-order valence-corrected chi connectivity index (χ2v) is 5.13. The third kappa shape index (κ3) is 3.49. The van der Waals surface area contributed by atoms with E-state index in [9.17, 15) is 9.18 Å². The molecule has 0 saturated heterocycles. The summed E-state index contributed by atoms with van der Waals surface area (Å²) in [4.78, 5) is 13.0. The number of amides is 1. The predicted octanol–water partition coefficient (Wildman–Crippen LogP) is 4.45. The molecule has 0 spiro atoms. The molecule has 2 nitrogen and oxygen atoms in total. The fourth-order valence-electron chi connectivity index (χ4n) is 1.57. The fraction of sp³-hybridized carbons (Fsp3) is 0.0714. The number of thioether (sulfide) groups is 1. The van der Waals surface area contributed by atoms with Crippen LogP contribution < -0.4 is 5.32 Å². The Morgan fingerprint density at radius 1 is 1.26 bits per heavy atom. The molecular weight excluding hydrogens is 285 g/mol. The van der Waals surface area contributed by atoms with E-state index in [1.54, 1.807) is 17.8 Å². The summed E-state index contributed by atoms with van der Waals surface area (Å²) in [5.41, 5.74) is 0.602. The van der Waals surface area contributed by atoms with Gasteiger partial charge in [-0.2, -0.15) is 0 Å². The number of hydrogen-bond acceptors (Lipinski definition) is 2. The van der Waals surface area contributed by atoms with Gasteiger partial charge in [0.05, 0.1) is 5.56 Å². The Balaban J connectivity index is 2.20. The Hall–Kier alpha value is -1.52. The van der Waals surface area contributed by atoms with Gasteiger partial charge in [0.1, 0.15) is 5.82 Å². The van der Waals surface area contributed by atoms with E-state index in [1.807, 2.05) is 24.5 Å². The van der Waals surface area contributed by atoms with Crippen LogP contribution in [-0.2, 0) is 0 Å². The van der Waals surface area contributed by atoms with E-state index in [2.05, 4.69) is 5.32 Å². The minimum absolute atomic E-state index is 0.0287. The van der Waals surface area contributed by atoms with E-state index in [0.717, 1.165) is 11.0 Å². The van der Waals surface area contributed by atoms with Crippen molar-refractivity contribution in [1.82, 2.24) is 0 Å². The topological polar surface area (TPSA) is 29.1 Å². The first-order valence-corrected chi connectivity index (χ1v) is 7.11. The summed E-state index contributed by atoms with van der Waals surface area (Å²) in [6, 6.07) is 11.3. The molecule has 1 amide bonds. The highest BCUT2D eigenvalue weighted by Crippen LogP contribution is 2.20. The van der Waals surface area contributed by atoms with Gasteiger partial charge in [-0.3, -0.25) is 4.79 Å². The van der Waals surface area contributed by atoms with Gasteiger partial charge in [0.15, 0.2) is 0 Å². The largest absolute Gasteiger partial charge is 0.322 e. The van der Waals surface area contributed by atoms with Gasteiger partial charge in [0.2, 0.25) is 0 Å². The standard InChI is InChI=1S/C14H11ClFNOS/c1-19-11-4-2-3-10(8-11)17-14(18)12-6-5-9(15)7-13(12)16/h2-8H,1H3,(H,17,18). The van der Waals surface area contributed by atoms with Crippen LogP contribution in [0.4, 0.5) is 10.1 Å². The van der Waals surface area contributed by atoms with Crippen LogP contribution in [0.25, 0.3) is 0 Å². The number of nitrogens with one attached hydrogen (secondary N) is 1. The zero-order valence-electron chi connectivity index (χ0n) is 10.1. The number of benzene rings is 2. The molecule has 98 valence electrons. The van der Waals surface area contributed by atoms with E-state index in [0.29, 0.717) is 5.69 Å². The van der Waals surface area contributed by atoms with Crippen molar-refractivity contribution in [3.8, 4) is 0 Å². The maximum absolute atomic E-state index is 13.6. The molecule has 0 fully saturated rings. The SMILES string of the molecule is CSc1cccc(NC(=O)c2ccc(Cl)cc2F)c1. The van der Waals surface area contributed by atoms with Crippen molar-refractivity contribution < 1.29 is 9.18 Å². The Morgan fingerprint density at radius 3 is 2.74 bits per heavy atom. The fourth-order valence-corrected chi connectivity index (χ4v) is 2.19. The Labute approximate surface area is 120 Å².